The quantitative estimate of drug-likeness (QED) is 0.615. The van der Waals surface area contributed by atoms with Gasteiger partial charge in [0.05, 0.1) is 22.6 Å². The minimum Gasteiger partial charge on any atom is -0.497 e. The molecule has 7 heteroatoms. The average Bonchev–Trinajstić information content (AvgIpc) is 3.01. The number of fused-ring (bicyclic) bond motifs is 1. The van der Waals surface area contributed by atoms with E-state index in [-0.39, 0.29) is 11.2 Å². The molecule has 0 bridgehead atoms. The van der Waals surface area contributed by atoms with Gasteiger partial charge in [-0.3, -0.25) is 4.79 Å². The lowest BCUT2D eigenvalue weighted by Crippen LogP contribution is -2.30. The van der Waals surface area contributed by atoms with Gasteiger partial charge < -0.3 is 10.1 Å². The monoisotopic (exact) mass is 392 g/mol. The smallest absolute Gasteiger partial charge is 0.233 e. The number of methoxy groups -OCH3 is 1. The summed E-state index contributed by atoms with van der Waals surface area (Å²) in [6.07, 6.45) is 0. The molecule has 0 saturated carbocycles. The molecule has 0 radical (unpaired) electrons. The highest BCUT2D eigenvalue weighted by molar-refractivity contribution is 8.02. The molecule has 1 amide bonds. The van der Waals surface area contributed by atoms with Crippen LogP contribution in [-0.2, 0) is 11.3 Å². The molecule has 1 aromatic heterocycles. The first-order valence-electron chi connectivity index (χ1n) is 7.68. The fourth-order valence-corrected chi connectivity index (χ4v) is 4.59. The fraction of sp³-hybridized carbons (Fsp3) is 0.222. The summed E-state index contributed by atoms with van der Waals surface area (Å²) < 4.78 is 7.06. The van der Waals surface area contributed by atoms with Crippen LogP contribution in [0.3, 0.4) is 0 Å². The highest BCUT2D eigenvalue weighted by Crippen LogP contribution is 2.33. The van der Waals surface area contributed by atoms with E-state index in [1.54, 1.807) is 18.4 Å². The zero-order valence-electron chi connectivity index (χ0n) is 13.8. The number of nitrogens with zero attached hydrogens (tertiary/aromatic N) is 1. The van der Waals surface area contributed by atoms with Crippen molar-refractivity contribution in [3.8, 4) is 5.75 Å². The van der Waals surface area contributed by atoms with Crippen molar-refractivity contribution in [3.63, 3.8) is 0 Å². The van der Waals surface area contributed by atoms with Gasteiger partial charge in [-0.1, -0.05) is 35.5 Å². The number of aromatic nitrogens is 1. The Morgan fingerprint density at radius 1 is 1.32 bits per heavy atom. The molecule has 130 valence electrons. The molecule has 1 unspecified atom stereocenters. The molecule has 3 aromatic rings. The summed E-state index contributed by atoms with van der Waals surface area (Å²) in [4.78, 5) is 16.8. The van der Waals surface area contributed by atoms with Crippen LogP contribution in [0.4, 0.5) is 0 Å². The molecule has 2 aromatic carbocycles. The summed E-state index contributed by atoms with van der Waals surface area (Å²) >= 11 is 9.01. The van der Waals surface area contributed by atoms with Crippen LogP contribution in [0.2, 0.25) is 5.02 Å². The highest BCUT2D eigenvalue weighted by atomic mass is 35.5. The van der Waals surface area contributed by atoms with Crippen molar-refractivity contribution in [3.05, 3.63) is 53.1 Å². The van der Waals surface area contributed by atoms with E-state index < -0.39 is 0 Å². The van der Waals surface area contributed by atoms with Gasteiger partial charge in [0.1, 0.15) is 5.75 Å². The molecule has 0 aliphatic carbocycles. The summed E-state index contributed by atoms with van der Waals surface area (Å²) in [5, 5.41) is 3.39. The lowest BCUT2D eigenvalue weighted by atomic mass is 10.2. The maximum atomic E-state index is 12.3. The van der Waals surface area contributed by atoms with Crippen molar-refractivity contribution < 1.29 is 9.53 Å². The summed E-state index contributed by atoms with van der Waals surface area (Å²) in [6.45, 7) is 2.37. The number of hydrogen-bond acceptors (Lipinski definition) is 5. The van der Waals surface area contributed by atoms with Crippen LogP contribution in [0.25, 0.3) is 10.2 Å². The number of ether oxygens (including phenoxy) is 1. The molecule has 0 saturated heterocycles. The number of halogens is 1. The fourth-order valence-electron chi connectivity index (χ4n) is 2.21. The predicted octanol–water partition coefficient (Wildman–Crippen LogP) is 4.76. The summed E-state index contributed by atoms with van der Waals surface area (Å²) in [5.74, 6) is 0.785. The van der Waals surface area contributed by atoms with Gasteiger partial charge in [0.2, 0.25) is 5.91 Å². The largest absolute Gasteiger partial charge is 0.497 e. The Balaban J connectivity index is 1.57. The zero-order valence-corrected chi connectivity index (χ0v) is 16.2. The van der Waals surface area contributed by atoms with Gasteiger partial charge in [0.15, 0.2) is 4.34 Å². The van der Waals surface area contributed by atoms with E-state index >= 15 is 0 Å². The first kappa shape index (κ1) is 18.0. The van der Waals surface area contributed by atoms with E-state index in [0.29, 0.717) is 11.6 Å². The Morgan fingerprint density at radius 3 is 2.80 bits per heavy atom. The molecule has 1 N–H and O–H groups in total. The van der Waals surface area contributed by atoms with Crippen molar-refractivity contribution in [1.82, 2.24) is 10.3 Å². The Bertz CT molecular complexity index is 880. The Morgan fingerprint density at radius 2 is 2.08 bits per heavy atom. The van der Waals surface area contributed by atoms with E-state index in [2.05, 4.69) is 10.3 Å². The van der Waals surface area contributed by atoms with Gasteiger partial charge in [-0.05, 0) is 42.8 Å². The molecule has 0 fully saturated rings. The van der Waals surface area contributed by atoms with Crippen LogP contribution in [-0.4, -0.2) is 23.3 Å². The van der Waals surface area contributed by atoms with E-state index in [0.717, 1.165) is 25.9 Å². The first-order chi connectivity index (χ1) is 12.0. The number of amides is 1. The van der Waals surface area contributed by atoms with Gasteiger partial charge in [0.25, 0.3) is 0 Å². The van der Waals surface area contributed by atoms with Crippen LogP contribution in [0.15, 0.2) is 46.8 Å². The number of thioether (sulfide) groups is 1. The van der Waals surface area contributed by atoms with Crippen molar-refractivity contribution >= 4 is 50.8 Å². The summed E-state index contributed by atoms with van der Waals surface area (Å²) in [5.41, 5.74) is 1.90. The van der Waals surface area contributed by atoms with Gasteiger partial charge >= 0.3 is 0 Å². The molecule has 1 heterocycles. The van der Waals surface area contributed by atoms with Crippen LogP contribution in [0.5, 0.6) is 5.75 Å². The zero-order chi connectivity index (χ0) is 17.8. The van der Waals surface area contributed by atoms with Crippen LogP contribution in [0, 0.1) is 0 Å². The molecule has 0 spiro atoms. The minimum absolute atomic E-state index is 0.0156. The molecule has 3 rings (SSSR count). The Kier molecular flexibility index (Phi) is 5.83. The predicted molar refractivity (Wildman–Crippen MR) is 105 cm³/mol. The van der Waals surface area contributed by atoms with E-state index in [9.17, 15) is 4.79 Å². The number of nitrogens with one attached hydrogen (secondary N) is 1. The Hall–Kier alpha value is -1.76. The molecule has 4 nitrogen and oxygen atoms in total. The SMILES string of the molecule is COc1ccc(CNC(=O)C(C)Sc2nc3cc(Cl)ccc3s2)cc1. The second kappa shape index (κ2) is 8.08. The van der Waals surface area contributed by atoms with E-state index in [4.69, 9.17) is 16.3 Å². The first-order valence-corrected chi connectivity index (χ1v) is 9.76. The highest BCUT2D eigenvalue weighted by Gasteiger charge is 2.16. The lowest BCUT2D eigenvalue weighted by molar-refractivity contribution is -0.120. The van der Waals surface area contributed by atoms with Gasteiger partial charge in [-0.15, -0.1) is 11.3 Å². The molecule has 1 atom stereocenters. The molecule has 0 aliphatic heterocycles. The number of hydrogen-bond donors (Lipinski definition) is 1. The summed E-state index contributed by atoms with van der Waals surface area (Å²) in [6, 6.07) is 13.3. The number of carbonyl (C=O) groups excluding carboxylic acids is 1. The molecular formula is C18H17ClN2O2S2. The van der Waals surface area contributed by atoms with Crippen LogP contribution in [0.1, 0.15) is 12.5 Å². The minimum atomic E-state index is -0.228. The lowest BCUT2D eigenvalue weighted by Gasteiger charge is -2.10. The number of carbonyl (C=O) groups is 1. The van der Waals surface area contributed by atoms with Gasteiger partial charge in [-0.25, -0.2) is 4.98 Å². The van der Waals surface area contributed by atoms with Crippen molar-refractivity contribution in [2.24, 2.45) is 0 Å². The second-order valence-corrected chi connectivity index (χ2v) is 8.47. The van der Waals surface area contributed by atoms with Crippen molar-refractivity contribution in [1.29, 1.82) is 0 Å². The van der Waals surface area contributed by atoms with Crippen molar-refractivity contribution in [2.75, 3.05) is 7.11 Å². The average molecular weight is 393 g/mol. The third-order valence-corrected chi connectivity index (χ3v) is 6.07. The van der Waals surface area contributed by atoms with Gasteiger partial charge in [0, 0.05) is 11.6 Å². The maximum Gasteiger partial charge on any atom is 0.233 e. The standard InChI is InChI=1S/C18H17ClN2O2S2/c1-11(17(22)20-10-12-3-6-14(23-2)7-4-12)24-18-21-15-9-13(19)5-8-16(15)25-18/h3-9,11H,10H2,1-2H3,(H,20,22). The number of rotatable bonds is 6. The van der Waals surface area contributed by atoms with Crippen molar-refractivity contribution in [2.45, 2.75) is 23.1 Å². The maximum absolute atomic E-state index is 12.3. The number of benzene rings is 2. The molecule has 0 aliphatic rings. The van der Waals surface area contributed by atoms with Crippen LogP contribution < -0.4 is 10.1 Å². The third kappa shape index (κ3) is 4.66. The van der Waals surface area contributed by atoms with Gasteiger partial charge in [-0.2, -0.15) is 0 Å². The van der Waals surface area contributed by atoms with E-state index in [1.165, 1.54) is 11.8 Å². The molecule has 25 heavy (non-hydrogen) atoms. The third-order valence-electron chi connectivity index (χ3n) is 3.60. The normalized spacial score (nSPS) is 12.1. The van der Waals surface area contributed by atoms with E-state index in [1.807, 2.05) is 49.4 Å². The molecular weight excluding hydrogens is 376 g/mol. The second-order valence-electron chi connectivity index (χ2n) is 5.42. The number of thiazole rings is 1. The summed E-state index contributed by atoms with van der Waals surface area (Å²) in [7, 11) is 1.63. The Labute approximate surface area is 159 Å². The van der Waals surface area contributed by atoms with Crippen LogP contribution >= 0.6 is 34.7 Å². The topological polar surface area (TPSA) is 51.2 Å².